The van der Waals surface area contributed by atoms with E-state index in [9.17, 15) is 55.0 Å². The smallest absolute Gasteiger partial charge is 0.412 e. The average molecular weight is 1610 g/mol. The first-order valence-corrected chi connectivity index (χ1v) is 38.8. The number of hydrogen-bond donors (Lipinski definition) is 10. The van der Waals surface area contributed by atoms with E-state index in [0.29, 0.717) is 59.1 Å². The molecule has 4 saturated heterocycles. The summed E-state index contributed by atoms with van der Waals surface area (Å²) in [5.74, 6) is -0.895. The van der Waals surface area contributed by atoms with Gasteiger partial charge in [0.1, 0.15) is 106 Å². The maximum atomic E-state index is 15.5. The molecule has 4 aliphatic heterocycles. The molecule has 0 bridgehead atoms. The van der Waals surface area contributed by atoms with Crippen molar-refractivity contribution >= 4 is 36.4 Å². The summed E-state index contributed by atoms with van der Waals surface area (Å²) < 4.78 is 87.6. The molecule has 11 rings (SSSR count). The molecule has 624 valence electrons. The number of nitrogens with zero attached hydrogens (tertiary/aromatic N) is 4. The Morgan fingerprint density at radius 3 is 1.53 bits per heavy atom. The van der Waals surface area contributed by atoms with E-state index >= 15 is 4.79 Å². The van der Waals surface area contributed by atoms with Crippen LogP contribution in [0.4, 0.5) is 24.0 Å². The van der Waals surface area contributed by atoms with Gasteiger partial charge in [0.05, 0.1) is 50.5 Å². The predicted octanol–water partition coefficient (Wildman–Crippen LogP) is 7.26. The number of aliphatic hydroxyl groups excluding tert-OH is 5. The molecule has 0 aromatic heterocycles. The number of alkyl carbamates (subject to hydrolysis) is 4. The fourth-order valence-electron chi connectivity index (χ4n) is 14.0. The monoisotopic (exact) mass is 1610 g/mol. The van der Waals surface area contributed by atoms with Crippen molar-refractivity contribution in [1.29, 1.82) is 0 Å². The van der Waals surface area contributed by atoms with Crippen molar-refractivity contribution in [1.82, 2.24) is 31.5 Å². The van der Waals surface area contributed by atoms with Crippen molar-refractivity contribution in [3.63, 3.8) is 0 Å². The second-order valence-corrected chi connectivity index (χ2v) is 28.4. The molecule has 4 heterocycles. The van der Waals surface area contributed by atoms with E-state index in [2.05, 4.69) is 36.6 Å². The molecule has 5 aliphatic rings. The van der Waals surface area contributed by atoms with Crippen LogP contribution in [0, 0.1) is 0 Å². The zero-order valence-electron chi connectivity index (χ0n) is 64.2. The Bertz CT molecular complexity index is 4070. The third kappa shape index (κ3) is 24.5. The molecule has 1 unspecified atom stereocenters. The third-order valence-electron chi connectivity index (χ3n) is 20.1. The van der Waals surface area contributed by atoms with E-state index in [4.69, 9.17) is 66.3 Å². The Morgan fingerprint density at radius 1 is 0.517 bits per heavy atom. The van der Waals surface area contributed by atoms with Crippen LogP contribution in [0.25, 0.3) is 10.4 Å². The number of fused-ring (bicyclic) bond motifs is 1. The lowest BCUT2D eigenvalue weighted by molar-refractivity contribution is -0.323. The Kier molecular flexibility index (Phi) is 33.1. The minimum atomic E-state index is -2.10. The molecule has 6 aromatic rings. The number of nitrogens with one attached hydrogen (secondary N) is 5. The zero-order valence-corrected chi connectivity index (χ0v) is 64.2. The van der Waals surface area contributed by atoms with Gasteiger partial charge in [-0.05, 0) is 52.6 Å². The normalized spacial score (nSPS) is 27.4. The van der Waals surface area contributed by atoms with Gasteiger partial charge in [0.15, 0.2) is 31.2 Å². The fourth-order valence-corrected chi connectivity index (χ4v) is 14.0. The minimum absolute atomic E-state index is 0.00802. The first-order chi connectivity index (χ1) is 56.5. The molecule has 34 heteroatoms. The van der Waals surface area contributed by atoms with Gasteiger partial charge >= 0.3 is 30.5 Å². The lowest BCUT2D eigenvalue weighted by Gasteiger charge is -2.51. The van der Waals surface area contributed by atoms with Crippen LogP contribution in [-0.2, 0) is 104 Å². The second-order valence-electron chi connectivity index (χ2n) is 28.4. The largest absolute Gasteiger partial charge is 0.445 e. The van der Waals surface area contributed by atoms with Crippen molar-refractivity contribution < 1.29 is 121 Å². The Morgan fingerprint density at radius 2 is 1.00 bits per heavy atom. The number of ether oxygens (including phenoxy) is 14. The summed E-state index contributed by atoms with van der Waals surface area (Å²) >= 11 is 0. The first-order valence-electron chi connectivity index (χ1n) is 38.8. The van der Waals surface area contributed by atoms with Crippen LogP contribution in [0.5, 0.6) is 0 Å². The van der Waals surface area contributed by atoms with Gasteiger partial charge in [0.25, 0.3) is 5.91 Å². The maximum absolute atomic E-state index is 15.5. The predicted molar refractivity (Wildman–Crippen MR) is 409 cm³/mol. The lowest BCUT2D eigenvalue weighted by Crippen LogP contribution is -2.70. The number of carbonyl (C=O) groups is 6. The van der Waals surface area contributed by atoms with Crippen LogP contribution in [0.2, 0.25) is 0 Å². The molecule has 34 nitrogen and oxygen atoms in total. The standard InChI is InChI=1S/C82H101N9O25/c1-3-5-37-103-60(42-84-78(98)105-45-50-25-13-7-14-26-50)71(104-38-6-4-2)73(97)86-57-40-58(87-79(99)106-46-51-27-15-8-16-28-51)68(114-75-63(59(93)39-56(110-75)41-85-90-83)88-80(100)107-47-52-29-17-9-18-30-52)72(65(57)94)116-77-67(96)70(62(44-92)112-77)115-76-64(89-81(101)108-48-53-31-19-10-20-32-53)66(95)69-61(111-76)43-91(74(113-69)55-35-23-12-24-36-55)82(102)109-49-54-33-21-11-22-34-54/h7-36,56-72,74-77,92-96H,3-6,37-49H2,1-2H3,(H,84,98)(H,86,97)(H,87,99)(H,88,100)(H,89,101)/t56-,57+,58-,59+,60-,61-,62+,63+,64+,65-,66+,67+,68+,69+,70+,71-,72+,74?,75+,76+,77-/m0/s1. The topological polar surface area (TPSA) is 445 Å². The van der Waals surface area contributed by atoms with E-state index in [1.807, 2.05) is 26.0 Å². The SMILES string of the molecule is CCCCO[C@@H](CNC(=O)OCc1ccccc1)[C@H](OCCCC)C(=O)N[C@@H]1C[C@H](NC(=O)OCc2ccccc2)[C@@H](O[C@H]2O[C@H](CN=[N+]=[N-])C[C@@H](O)[C@H]2NC(=O)OCc2ccccc2)[C@H](O[C@@H]2O[C@H](CO)[C@@H](O[C@H]3O[C@H]4CN(C(=O)OCc5ccccc5)C(c5ccccc5)O[C@H]4[C@H](O)[C@H]3NC(=O)OCc3ccccc3)[C@H]2O)[C@H]1O. The summed E-state index contributed by atoms with van der Waals surface area (Å²) in [6, 6.07) is 46.2. The molecule has 1 saturated carbocycles. The van der Waals surface area contributed by atoms with Gasteiger partial charge in [-0.2, -0.15) is 0 Å². The second kappa shape index (κ2) is 44.3. The van der Waals surface area contributed by atoms with Crippen LogP contribution >= 0.6 is 0 Å². The van der Waals surface area contributed by atoms with E-state index < -0.39 is 178 Å². The number of azide groups is 1. The molecular formula is C82H101N9O25. The van der Waals surface area contributed by atoms with Gasteiger partial charge in [-0.1, -0.05) is 214 Å². The number of aliphatic hydroxyl groups is 5. The van der Waals surface area contributed by atoms with Crippen molar-refractivity contribution in [2.75, 3.05) is 39.5 Å². The number of unbranched alkanes of at least 4 members (excludes halogenated alkanes) is 2. The van der Waals surface area contributed by atoms with Crippen LogP contribution in [0.3, 0.4) is 0 Å². The summed E-state index contributed by atoms with van der Waals surface area (Å²) in [5, 5.41) is 79.7. The Labute approximate surface area is 670 Å². The van der Waals surface area contributed by atoms with Gasteiger partial charge in [-0.25, -0.2) is 24.0 Å². The van der Waals surface area contributed by atoms with Crippen LogP contribution in [0.1, 0.15) is 92.0 Å². The fraction of sp³-hybridized carbons (Fsp3) is 0.488. The van der Waals surface area contributed by atoms with Crippen LogP contribution < -0.4 is 26.6 Å². The quantitative estimate of drug-likeness (QED) is 0.00608. The van der Waals surface area contributed by atoms with E-state index in [0.717, 1.165) is 0 Å². The molecule has 0 spiro atoms. The average Bonchev–Trinajstić information content (AvgIpc) is 1.21. The zero-order chi connectivity index (χ0) is 81.7. The number of carbonyl (C=O) groups excluding carboxylic acids is 6. The molecule has 6 aromatic carbocycles. The lowest BCUT2D eigenvalue weighted by atomic mass is 9.83. The maximum Gasteiger partial charge on any atom is 0.412 e. The van der Waals surface area contributed by atoms with E-state index in [-0.39, 0.29) is 72.3 Å². The first kappa shape index (κ1) is 86.7. The Hall–Kier alpha value is -10.1. The molecule has 5 fully saturated rings. The van der Waals surface area contributed by atoms with Crippen molar-refractivity contribution in [3.05, 3.63) is 226 Å². The van der Waals surface area contributed by atoms with Crippen LogP contribution in [0.15, 0.2) is 187 Å². The van der Waals surface area contributed by atoms with Gasteiger partial charge in [-0.3, -0.25) is 9.69 Å². The molecule has 0 radical (unpaired) electrons. The summed E-state index contributed by atoms with van der Waals surface area (Å²) in [5.41, 5.74) is 13.2. The Balaban J connectivity index is 0.940. The molecule has 21 atom stereocenters. The number of rotatable bonds is 36. The highest BCUT2D eigenvalue weighted by atomic mass is 16.8. The number of hydrogen-bond acceptors (Lipinski definition) is 26. The van der Waals surface area contributed by atoms with Gasteiger partial charge in [-0.15, -0.1) is 0 Å². The number of amides is 6. The highest BCUT2D eigenvalue weighted by Gasteiger charge is 2.58. The molecule has 6 amide bonds. The van der Waals surface area contributed by atoms with Crippen molar-refractivity contribution in [2.45, 2.75) is 214 Å². The van der Waals surface area contributed by atoms with Gasteiger partial charge in [0, 0.05) is 30.1 Å². The van der Waals surface area contributed by atoms with Crippen molar-refractivity contribution in [3.8, 4) is 0 Å². The van der Waals surface area contributed by atoms with Crippen LogP contribution in [-0.4, -0.2) is 229 Å². The summed E-state index contributed by atoms with van der Waals surface area (Å²) in [6.45, 7) is 0.991. The minimum Gasteiger partial charge on any atom is -0.445 e. The van der Waals surface area contributed by atoms with Gasteiger partial charge < -0.3 is 118 Å². The summed E-state index contributed by atoms with van der Waals surface area (Å²) in [7, 11) is 0. The van der Waals surface area contributed by atoms with Gasteiger partial charge in [0.2, 0.25) is 0 Å². The highest BCUT2D eigenvalue weighted by Crippen LogP contribution is 2.40. The summed E-state index contributed by atoms with van der Waals surface area (Å²) in [4.78, 5) is 89.9. The van der Waals surface area contributed by atoms with Crippen molar-refractivity contribution in [2.24, 2.45) is 5.11 Å². The molecule has 1 aliphatic carbocycles. The molecule has 10 N–H and O–H groups in total. The number of benzene rings is 6. The van der Waals surface area contributed by atoms with E-state index in [1.165, 1.54) is 4.90 Å². The highest BCUT2D eigenvalue weighted by molar-refractivity contribution is 5.82. The third-order valence-corrected chi connectivity index (χ3v) is 20.1. The van der Waals surface area contributed by atoms with E-state index in [1.54, 1.807) is 170 Å². The molecule has 116 heavy (non-hydrogen) atoms. The molecular weight excluding hydrogens is 1510 g/mol. The summed E-state index contributed by atoms with van der Waals surface area (Å²) in [6.07, 6.45) is -31.6.